The van der Waals surface area contributed by atoms with Gasteiger partial charge in [-0.05, 0) is 81.5 Å². The van der Waals surface area contributed by atoms with E-state index in [-0.39, 0.29) is 11.9 Å². The second kappa shape index (κ2) is 10.4. The Labute approximate surface area is 224 Å². The minimum Gasteiger partial charge on any atom is -0.456 e. The molecule has 1 saturated carbocycles. The molecule has 1 aliphatic carbocycles. The molecular formula is C32H35N3O3. The van der Waals surface area contributed by atoms with Gasteiger partial charge in [-0.25, -0.2) is 4.79 Å². The fourth-order valence-corrected chi connectivity index (χ4v) is 5.15. The molecule has 0 unspecified atom stereocenters. The van der Waals surface area contributed by atoms with Crippen LogP contribution in [0.25, 0.3) is 22.0 Å². The van der Waals surface area contributed by atoms with Gasteiger partial charge in [0.05, 0.1) is 23.3 Å². The van der Waals surface area contributed by atoms with Crippen molar-refractivity contribution in [2.24, 2.45) is 0 Å². The number of aromatic nitrogens is 2. The molecule has 0 radical (unpaired) electrons. The van der Waals surface area contributed by atoms with Gasteiger partial charge < -0.3 is 10.1 Å². The fourth-order valence-electron chi connectivity index (χ4n) is 5.15. The minimum atomic E-state index is -0.556. The number of ether oxygens (including phenoxy) is 1. The molecule has 6 heteroatoms. The van der Waals surface area contributed by atoms with Crippen LogP contribution >= 0.6 is 0 Å². The van der Waals surface area contributed by atoms with E-state index in [1.54, 1.807) is 6.07 Å². The average molecular weight is 510 g/mol. The van der Waals surface area contributed by atoms with Gasteiger partial charge >= 0.3 is 5.97 Å². The van der Waals surface area contributed by atoms with Gasteiger partial charge in [-0.1, -0.05) is 55.3 Å². The van der Waals surface area contributed by atoms with E-state index in [2.05, 4.69) is 17.4 Å². The predicted molar refractivity (Wildman–Crippen MR) is 150 cm³/mol. The molecule has 38 heavy (non-hydrogen) atoms. The van der Waals surface area contributed by atoms with E-state index in [4.69, 9.17) is 9.84 Å². The number of nitrogens with zero attached hydrogens (tertiary/aromatic N) is 2. The summed E-state index contributed by atoms with van der Waals surface area (Å²) in [6.45, 7) is 8.19. The second-order valence-corrected chi connectivity index (χ2v) is 11.2. The van der Waals surface area contributed by atoms with Gasteiger partial charge in [-0.3, -0.25) is 9.48 Å². The molecule has 1 aliphatic rings. The van der Waals surface area contributed by atoms with Crippen LogP contribution in [0.3, 0.4) is 0 Å². The molecule has 196 valence electrons. The number of hydrogen-bond donors (Lipinski definition) is 1. The topological polar surface area (TPSA) is 73.2 Å². The molecule has 6 nitrogen and oxygen atoms in total. The lowest BCUT2D eigenvalue weighted by Crippen LogP contribution is -2.32. The Morgan fingerprint density at radius 3 is 2.42 bits per heavy atom. The molecule has 0 aliphatic heterocycles. The van der Waals surface area contributed by atoms with Crippen molar-refractivity contribution in [2.45, 2.75) is 71.6 Å². The highest BCUT2D eigenvalue weighted by Crippen LogP contribution is 2.27. The SMILES string of the molecule is Cc1nn(Cc2ccc(-c3ccccc3C(=O)OC(C)(C)C)cc2)c2ccc(C(=O)NC3CCCC3)cc12. The maximum Gasteiger partial charge on any atom is 0.339 e. The maximum absolute atomic E-state index is 12.8. The first kappa shape index (κ1) is 25.7. The first-order valence-corrected chi connectivity index (χ1v) is 13.4. The lowest BCUT2D eigenvalue weighted by atomic mass is 9.98. The highest BCUT2D eigenvalue weighted by atomic mass is 16.6. The summed E-state index contributed by atoms with van der Waals surface area (Å²) in [5.41, 5.74) is 5.47. The first-order chi connectivity index (χ1) is 18.2. The Morgan fingerprint density at radius 1 is 1.00 bits per heavy atom. The van der Waals surface area contributed by atoms with Gasteiger partial charge in [0.15, 0.2) is 0 Å². The molecule has 4 aromatic rings. The van der Waals surface area contributed by atoms with E-state index in [0.29, 0.717) is 23.7 Å². The molecule has 3 aromatic carbocycles. The van der Waals surface area contributed by atoms with Gasteiger partial charge in [0.2, 0.25) is 0 Å². The molecular weight excluding hydrogens is 474 g/mol. The number of carbonyl (C=O) groups is 2. The van der Waals surface area contributed by atoms with Gasteiger partial charge in [0, 0.05) is 17.0 Å². The highest BCUT2D eigenvalue weighted by molar-refractivity contribution is 5.99. The maximum atomic E-state index is 12.8. The molecule has 1 amide bonds. The second-order valence-electron chi connectivity index (χ2n) is 11.2. The number of fused-ring (bicyclic) bond motifs is 1. The molecule has 0 saturated heterocycles. The van der Waals surface area contributed by atoms with Crippen molar-refractivity contribution in [2.75, 3.05) is 0 Å². The summed E-state index contributed by atoms with van der Waals surface area (Å²) < 4.78 is 7.59. The van der Waals surface area contributed by atoms with E-state index in [1.165, 1.54) is 12.8 Å². The summed E-state index contributed by atoms with van der Waals surface area (Å²) in [6, 6.07) is 21.8. The molecule has 0 bridgehead atoms. The number of aryl methyl sites for hydroxylation is 1. The lowest BCUT2D eigenvalue weighted by Gasteiger charge is -2.20. The monoisotopic (exact) mass is 509 g/mol. The average Bonchev–Trinajstić information content (AvgIpc) is 3.51. The van der Waals surface area contributed by atoms with Crippen molar-refractivity contribution in [1.82, 2.24) is 15.1 Å². The van der Waals surface area contributed by atoms with Crippen LogP contribution in [0.15, 0.2) is 66.7 Å². The highest BCUT2D eigenvalue weighted by Gasteiger charge is 2.21. The Kier molecular flexibility index (Phi) is 7.06. The number of esters is 1. The number of amides is 1. The summed E-state index contributed by atoms with van der Waals surface area (Å²) in [5, 5.41) is 8.93. The van der Waals surface area contributed by atoms with Crippen molar-refractivity contribution in [3.05, 3.63) is 89.1 Å². The minimum absolute atomic E-state index is 0.00629. The van der Waals surface area contributed by atoms with Crippen LogP contribution in [0.1, 0.15) is 78.4 Å². The molecule has 0 atom stereocenters. The van der Waals surface area contributed by atoms with Crippen LogP contribution in [-0.2, 0) is 11.3 Å². The smallest absolute Gasteiger partial charge is 0.339 e. The number of nitrogens with one attached hydrogen (secondary N) is 1. The Balaban J connectivity index is 1.34. The van der Waals surface area contributed by atoms with Crippen LogP contribution in [0.5, 0.6) is 0 Å². The summed E-state index contributed by atoms with van der Waals surface area (Å²) in [4.78, 5) is 25.6. The molecule has 0 spiro atoms. The third-order valence-corrected chi connectivity index (χ3v) is 7.03. The van der Waals surface area contributed by atoms with Crippen molar-refractivity contribution >= 4 is 22.8 Å². The van der Waals surface area contributed by atoms with Crippen molar-refractivity contribution < 1.29 is 14.3 Å². The zero-order valence-electron chi connectivity index (χ0n) is 22.6. The van der Waals surface area contributed by atoms with E-state index < -0.39 is 5.60 Å². The quantitative estimate of drug-likeness (QED) is 0.294. The molecule has 1 heterocycles. The van der Waals surface area contributed by atoms with E-state index in [9.17, 15) is 9.59 Å². The zero-order chi connectivity index (χ0) is 26.9. The van der Waals surface area contributed by atoms with Crippen LogP contribution in [0, 0.1) is 6.92 Å². The normalized spacial score (nSPS) is 14.1. The predicted octanol–water partition coefficient (Wildman–Crippen LogP) is 6.69. The first-order valence-electron chi connectivity index (χ1n) is 13.4. The van der Waals surface area contributed by atoms with Crippen LogP contribution < -0.4 is 5.32 Å². The van der Waals surface area contributed by atoms with E-state index in [0.717, 1.165) is 46.1 Å². The third kappa shape index (κ3) is 5.64. The van der Waals surface area contributed by atoms with Crippen LogP contribution in [0.2, 0.25) is 0 Å². The van der Waals surface area contributed by atoms with Crippen LogP contribution in [-0.4, -0.2) is 33.3 Å². The van der Waals surface area contributed by atoms with Crippen molar-refractivity contribution in [1.29, 1.82) is 0 Å². The number of carbonyl (C=O) groups excluding carboxylic acids is 2. The van der Waals surface area contributed by atoms with Gasteiger partial charge in [-0.2, -0.15) is 5.10 Å². The van der Waals surface area contributed by atoms with E-state index >= 15 is 0 Å². The Bertz CT molecular complexity index is 1470. The number of benzene rings is 3. The van der Waals surface area contributed by atoms with Gasteiger partial charge in [0.1, 0.15) is 5.60 Å². The van der Waals surface area contributed by atoms with Gasteiger partial charge in [0.25, 0.3) is 5.91 Å². The molecule has 5 rings (SSSR count). The molecule has 1 aromatic heterocycles. The van der Waals surface area contributed by atoms with E-state index in [1.807, 2.05) is 80.9 Å². The van der Waals surface area contributed by atoms with Gasteiger partial charge in [-0.15, -0.1) is 0 Å². The summed E-state index contributed by atoms with van der Waals surface area (Å²) in [7, 11) is 0. The number of hydrogen-bond acceptors (Lipinski definition) is 4. The largest absolute Gasteiger partial charge is 0.456 e. The Hall–Kier alpha value is -3.93. The molecule has 1 N–H and O–H groups in total. The van der Waals surface area contributed by atoms with Crippen LogP contribution in [0.4, 0.5) is 0 Å². The zero-order valence-corrected chi connectivity index (χ0v) is 22.6. The number of rotatable bonds is 6. The summed E-state index contributed by atoms with van der Waals surface area (Å²) in [5.74, 6) is -0.333. The standard InChI is InChI=1S/C32H35N3O3/c1-21-28-19-24(30(36)33-25-9-5-6-10-25)17-18-29(28)35(34-21)20-22-13-15-23(16-14-22)26-11-7-8-12-27(26)31(37)38-32(2,3)4/h7-8,11-19,25H,5-6,9-10,20H2,1-4H3,(H,33,36). The summed E-state index contributed by atoms with van der Waals surface area (Å²) in [6.07, 6.45) is 4.51. The lowest BCUT2D eigenvalue weighted by molar-refractivity contribution is 0.00703. The fraction of sp³-hybridized carbons (Fsp3) is 0.344. The van der Waals surface area contributed by atoms with Crippen molar-refractivity contribution in [3.63, 3.8) is 0 Å². The van der Waals surface area contributed by atoms with Crippen molar-refractivity contribution in [3.8, 4) is 11.1 Å². The Morgan fingerprint density at radius 2 is 1.71 bits per heavy atom. The third-order valence-electron chi connectivity index (χ3n) is 7.03. The molecule has 1 fully saturated rings. The summed E-state index contributed by atoms with van der Waals surface area (Å²) >= 11 is 0.